The van der Waals surface area contributed by atoms with E-state index in [1.807, 2.05) is 13.8 Å². The van der Waals surface area contributed by atoms with Crippen molar-refractivity contribution in [3.05, 3.63) is 46.0 Å². The maximum atomic E-state index is 13.0. The standard InChI is InChI=1S/C14H15F3N2S/c1-8(2)12-11(20-13(18)19-12)7-9-5-3-4-6-10(9)14(15,16)17/h3-6,8H,7H2,1-2H3,(H2,18,19). The van der Waals surface area contributed by atoms with E-state index in [9.17, 15) is 13.2 Å². The van der Waals surface area contributed by atoms with Crippen LogP contribution >= 0.6 is 11.3 Å². The molecule has 0 radical (unpaired) electrons. The van der Waals surface area contributed by atoms with Crippen molar-refractivity contribution in [3.8, 4) is 0 Å². The number of nitrogens with two attached hydrogens (primary N) is 1. The minimum Gasteiger partial charge on any atom is -0.375 e. The summed E-state index contributed by atoms with van der Waals surface area (Å²) in [6, 6.07) is 5.62. The molecule has 0 saturated carbocycles. The number of thiazole rings is 1. The van der Waals surface area contributed by atoms with Gasteiger partial charge in [0.05, 0.1) is 11.3 Å². The number of nitrogens with zero attached hydrogens (tertiary/aromatic N) is 1. The van der Waals surface area contributed by atoms with Crippen LogP contribution in [-0.4, -0.2) is 4.98 Å². The van der Waals surface area contributed by atoms with Crippen molar-refractivity contribution in [1.82, 2.24) is 4.98 Å². The lowest BCUT2D eigenvalue weighted by molar-refractivity contribution is -0.138. The number of rotatable bonds is 3. The van der Waals surface area contributed by atoms with Crippen LogP contribution in [0.5, 0.6) is 0 Å². The van der Waals surface area contributed by atoms with E-state index in [1.54, 1.807) is 6.07 Å². The number of benzene rings is 1. The van der Waals surface area contributed by atoms with Crippen molar-refractivity contribution in [2.45, 2.75) is 32.4 Å². The summed E-state index contributed by atoms with van der Waals surface area (Å²) in [5.74, 6) is 0.136. The Bertz CT molecular complexity index is 603. The molecule has 1 heterocycles. The van der Waals surface area contributed by atoms with Crippen LogP contribution in [0.25, 0.3) is 0 Å². The van der Waals surface area contributed by atoms with Crippen LogP contribution in [-0.2, 0) is 12.6 Å². The molecule has 2 aromatic rings. The first kappa shape index (κ1) is 14.8. The molecule has 6 heteroatoms. The fraction of sp³-hybridized carbons (Fsp3) is 0.357. The summed E-state index contributed by atoms with van der Waals surface area (Å²) in [6.07, 6.45) is -4.14. The quantitative estimate of drug-likeness (QED) is 0.909. The predicted molar refractivity (Wildman–Crippen MR) is 74.9 cm³/mol. The number of halogens is 3. The second-order valence-electron chi connectivity index (χ2n) is 4.85. The average Bonchev–Trinajstić information content (AvgIpc) is 2.70. The third-order valence-corrected chi connectivity index (χ3v) is 3.87. The van der Waals surface area contributed by atoms with Gasteiger partial charge in [-0.15, -0.1) is 11.3 Å². The Balaban J connectivity index is 2.41. The number of nitrogen functional groups attached to an aromatic ring is 1. The molecule has 20 heavy (non-hydrogen) atoms. The van der Waals surface area contributed by atoms with E-state index in [0.717, 1.165) is 16.6 Å². The summed E-state index contributed by atoms with van der Waals surface area (Å²) in [7, 11) is 0. The van der Waals surface area contributed by atoms with E-state index in [0.29, 0.717) is 5.13 Å². The molecule has 0 aliphatic rings. The highest BCUT2D eigenvalue weighted by Gasteiger charge is 2.33. The smallest absolute Gasteiger partial charge is 0.375 e. The molecule has 2 rings (SSSR count). The Kier molecular flexibility index (Phi) is 4.04. The molecular weight excluding hydrogens is 285 g/mol. The van der Waals surface area contributed by atoms with Crippen molar-refractivity contribution in [3.63, 3.8) is 0 Å². The molecule has 0 fully saturated rings. The highest BCUT2D eigenvalue weighted by Crippen LogP contribution is 2.35. The molecule has 2 nitrogen and oxygen atoms in total. The summed E-state index contributed by atoms with van der Waals surface area (Å²) in [5.41, 5.74) is 6.12. The van der Waals surface area contributed by atoms with Gasteiger partial charge in [0.1, 0.15) is 0 Å². The lowest BCUT2D eigenvalue weighted by Crippen LogP contribution is -2.09. The van der Waals surface area contributed by atoms with Crippen molar-refractivity contribution in [2.24, 2.45) is 0 Å². The molecule has 0 aliphatic carbocycles. The van der Waals surface area contributed by atoms with E-state index in [1.165, 1.54) is 23.5 Å². The van der Waals surface area contributed by atoms with Crippen LogP contribution in [0.4, 0.5) is 18.3 Å². The molecule has 0 saturated heterocycles. The van der Waals surface area contributed by atoms with E-state index >= 15 is 0 Å². The van der Waals surface area contributed by atoms with Gasteiger partial charge in [-0.2, -0.15) is 13.2 Å². The van der Waals surface area contributed by atoms with Crippen LogP contribution in [0, 0.1) is 0 Å². The first-order chi connectivity index (χ1) is 9.29. The molecule has 1 aromatic carbocycles. The van der Waals surface area contributed by atoms with E-state index in [-0.39, 0.29) is 17.9 Å². The van der Waals surface area contributed by atoms with Crippen LogP contribution in [0.3, 0.4) is 0 Å². The zero-order chi connectivity index (χ0) is 14.9. The van der Waals surface area contributed by atoms with Gasteiger partial charge in [-0.25, -0.2) is 4.98 Å². The topological polar surface area (TPSA) is 38.9 Å². The Labute approximate surface area is 119 Å². The molecule has 0 unspecified atom stereocenters. The third-order valence-electron chi connectivity index (χ3n) is 2.96. The molecule has 1 aromatic heterocycles. The Morgan fingerprint density at radius 1 is 1.25 bits per heavy atom. The van der Waals surface area contributed by atoms with E-state index in [2.05, 4.69) is 4.98 Å². The Morgan fingerprint density at radius 3 is 2.50 bits per heavy atom. The molecular formula is C14H15F3N2S. The van der Waals surface area contributed by atoms with Gasteiger partial charge in [0.15, 0.2) is 5.13 Å². The molecule has 0 bridgehead atoms. The normalized spacial score (nSPS) is 12.1. The van der Waals surface area contributed by atoms with Crippen molar-refractivity contribution in [2.75, 3.05) is 5.73 Å². The van der Waals surface area contributed by atoms with Crippen molar-refractivity contribution in [1.29, 1.82) is 0 Å². The van der Waals surface area contributed by atoms with Crippen LogP contribution in [0.15, 0.2) is 24.3 Å². The van der Waals surface area contributed by atoms with Crippen LogP contribution < -0.4 is 5.73 Å². The van der Waals surface area contributed by atoms with Gasteiger partial charge < -0.3 is 5.73 Å². The number of alkyl halides is 3. The highest BCUT2D eigenvalue weighted by molar-refractivity contribution is 7.15. The summed E-state index contributed by atoms with van der Waals surface area (Å²) >= 11 is 1.26. The maximum Gasteiger partial charge on any atom is 0.416 e. The van der Waals surface area contributed by atoms with Gasteiger partial charge in [-0.3, -0.25) is 0 Å². The summed E-state index contributed by atoms with van der Waals surface area (Å²) in [6.45, 7) is 3.90. The first-order valence-corrected chi connectivity index (χ1v) is 7.01. The van der Waals surface area contributed by atoms with Crippen LogP contribution in [0.1, 0.15) is 41.5 Å². The predicted octanol–water partition coefficient (Wildman–Crippen LogP) is 4.46. The minimum atomic E-state index is -4.34. The SMILES string of the molecule is CC(C)c1nc(N)sc1Cc1ccccc1C(F)(F)F. The largest absolute Gasteiger partial charge is 0.416 e. The monoisotopic (exact) mass is 300 g/mol. The van der Waals surface area contributed by atoms with Crippen molar-refractivity contribution < 1.29 is 13.2 Å². The van der Waals surface area contributed by atoms with Gasteiger partial charge in [0, 0.05) is 11.3 Å². The molecule has 108 valence electrons. The number of hydrogen-bond donors (Lipinski definition) is 1. The summed E-state index contributed by atoms with van der Waals surface area (Å²) < 4.78 is 38.9. The zero-order valence-corrected chi connectivity index (χ0v) is 12.0. The van der Waals surface area contributed by atoms with Gasteiger partial charge in [-0.1, -0.05) is 32.0 Å². The Hall–Kier alpha value is -1.56. The average molecular weight is 300 g/mol. The van der Waals surface area contributed by atoms with Gasteiger partial charge in [0.2, 0.25) is 0 Å². The van der Waals surface area contributed by atoms with E-state index < -0.39 is 11.7 Å². The number of anilines is 1. The lowest BCUT2D eigenvalue weighted by atomic mass is 10.0. The molecule has 0 aliphatic heterocycles. The van der Waals surface area contributed by atoms with E-state index in [4.69, 9.17) is 5.73 Å². The molecule has 0 spiro atoms. The molecule has 2 N–H and O–H groups in total. The molecule has 0 amide bonds. The highest BCUT2D eigenvalue weighted by atomic mass is 32.1. The fourth-order valence-electron chi connectivity index (χ4n) is 2.08. The summed E-state index contributed by atoms with van der Waals surface area (Å²) in [4.78, 5) is 5.01. The van der Waals surface area contributed by atoms with Gasteiger partial charge in [-0.05, 0) is 17.5 Å². The fourth-order valence-corrected chi connectivity index (χ4v) is 3.09. The minimum absolute atomic E-state index is 0.136. The maximum absolute atomic E-state index is 13.0. The van der Waals surface area contributed by atoms with Gasteiger partial charge >= 0.3 is 6.18 Å². The Morgan fingerprint density at radius 2 is 1.90 bits per heavy atom. The molecule has 0 atom stereocenters. The second-order valence-corrected chi connectivity index (χ2v) is 5.96. The van der Waals surface area contributed by atoms with Crippen LogP contribution in [0.2, 0.25) is 0 Å². The van der Waals surface area contributed by atoms with Crippen molar-refractivity contribution >= 4 is 16.5 Å². The second kappa shape index (κ2) is 5.44. The number of aromatic nitrogens is 1. The van der Waals surface area contributed by atoms with Gasteiger partial charge in [0.25, 0.3) is 0 Å². The third kappa shape index (κ3) is 3.12. The number of hydrogen-bond acceptors (Lipinski definition) is 3. The lowest BCUT2D eigenvalue weighted by Gasteiger charge is -2.13. The zero-order valence-electron chi connectivity index (χ0n) is 11.2. The summed E-state index contributed by atoms with van der Waals surface area (Å²) in [5, 5.41) is 0.396. The first-order valence-electron chi connectivity index (χ1n) is 6.19.